The summed E-state index contributed by atoms with van der Waals surface area (Å²) in [7, 11) is 1.82. The number of hydrogen-bond acceptors (Lipinski definition) is 6. The van der Waals surface area contributed by atoms with E-state index in [1.54, 1.807) is 9.08 Å². The number of carbonyl (C=O) groups excluding carboxylic acids is 1. The zero-order valence-corrected chi connectivity index (χ0v) is 18.6. The van der Waals surface area contributed by atoms with E-state index in [1.165, 1.54) is 30.6 Å². The number of thiazole rings is 1. The summed E-state index contributed by atoms with van der Waals surface area (Å²) in [6.07, 6.45) is 3.94. The number of aromatic nitrogens is 4. The summed E-state index contributed by atoms with van der Waals surface area (Å²) in [5.41, 5.74) is 3.29. The van der Waals surface area contributed by atoms with Gasteiger partial charge in [0.15, 0.2) is 4.96 Å². The molecule has 9 heteroatoms. The Balaban J connectivity index is 1.53. The van der Waals surface area contributed by atoms with Gasteiger partial charge in [-0.05, 0) is 45.8 Å². The fourth-order valence-electron chi connectivity index (χ4n) is 4.13. The number of carbonyl (C=O) groups is 1. The molecule has 8 nitrogen and oxygen atoms in total. The van der Waals surface area contributed by atoms with Crippen molar-refractivity contribution in [2.24, 2.45) is 7.05 Å². The molecule has 0 bridgehead atoms. The van der Waals surface area contributed by atoms with E-state index >= 15 is 0 Å². The lowest BCUT2D eigenvalue weighted by atomic mass is 10.1. The maximum atomic E-state index is 13.3. The van der Waals surface area contributed by atoms with Crippen LogP contribution in [0.15, 0.2) is 16.2 Å². The van der Waals surface area contributed by atoms with Crippen molar-refractivity contribution >= 4 is 22.2 Å². The summed E-state index contributed by atoms with van der Waals surface area (Å²) >= 11 is 1.39. The van der Waals surface area contributed by atoms with E-state index in [9.17, 15) is 9.59 Å². The Labute approximate surface area is 179 Å². The molecule has 1 saturated heterocycles. The normalized spacial score (nSPS) is 15.0. The fourth-order valence-corrected chi connectivity index (χ4v) is 5.06. The molecule has 1 fully saturated rings. The number of piperidine rings is 1. The first-order valence-electron chi connectivity index (χ1n) is 10.4. The highest BCUT2D eigenvalue weighted by Gasteiger charge is 2.19. The van der Waals surface area contributed by atoms with Crippen molar-refractivity contribution in [1.29, 1.82) is 0 Å². The van der Waals surface area contributed by atoms with Crippen LogP contribution >= 0.6 is 11.3 Å². The number of likely N-dealkylation sites (tertiary alicyclic amines) is 1. The standard InChI is InChI=1S/C21H28N6O2S/c1-14-11-17(25(3)24-14)19-15(2)23-21-27(20(19)29)16(13-30-21)12-18(28)22-7-10-26-8-5-4-6-9-26/h11,13H,4-10,12H2,1-3H3,(H,22,28). The second kappa shape index (κ2) is 8.69. The highest BCUT2D eigenvalue weighted by molar-refractivity contribution is 7.15. The van der Waals surface area contributed by atoms with Crippen LogP contribution in [-0.4, -0.2) is 56.2 Å². The van der Waals surface area contributed by atoms with Gasteiger partial charge in [-0.25, -0.2) is 4.98 Å². The molecule has 1 N–H and O–H groups in total. The first kappa shape index (κ1) is 20.7. The van der Waals surface area contributed by atoms with Crippen LogP contribution < -0.4 is 10.9 Å². The number of aryl methyl sites for hydroxylation is 3. The van der Waals surface area contributed by atoms with Crippen LogP contribution in [0.1, 0.15) is 36.3 Å². The molecule has 160 valence electrons. The molecule has 0 saturated carbocycles. The lowest BCUT2D eigenvalue weighted by Crippen LogP contribution is -2.38. The first-order valence-corrected chi connectivity index (χ1v) is 11.3. The Hall–Kier alpha value is -2.52. The lowest BCUT2D eigenvalue weighted by molar-refractivity contribution is -0.120. The summed E-state index contributed by atoms with van der Waals surface area (Å²) in [4.78, 5) is 33.5. The van der Waals surface area contributed by atoms with Crippen LogP contribution in [0.4, 0.5) is 0 Å². The van der Waals surface area contributed by atoms with Crippen LogP contribution in [-0.2, 0) is 18.3 Å². The van der Waals surface area contributed by atoms with Crippen molar-refractivity contribution in [3.8, 4) is 11.3 Å². The van der Waals surface area contributed by atoms with Gasteiger partial charge in [0.05, 0.1) is 29.1 Å². The van der Waals surface area contributed by atoms with E-state index in [1.807, 2.05) is 32.3 Å². The Bertz CT molecular complexity index is 1120. The molecule has 0 aromatic carbocycles. The predicted octanol–water partition coefficient (Wildman–Crippen LogP) is 1.92. The van der Waals surface area contributed by atoms with Crippen LogP contribution in [0.5, 0.6) is 0 Å². The number of nitrogens with one attached hydrogen (secondary N) is 1. The van der Waals surface area contributed by atoms with Crippen molar-refractivity contribution in [2.45, 2.75) is 39.5 Å². The van der Waals surface area contributed by atoms with Crippen molar-refractivity contribution in [3.05, 3.63) is 38.9 Å². The minimum atomic E-state index is -0.155. The third-order valence-electron chi connectivity index (χ3n) is 5.62. The highest BCUT2D eigenvalue weighted by Crippen LogP contribution is 2.22. The number of nitrogens with zero attached hydrogens (tertiary/aromatic N) is 5. The maximum absolute atomic E-state index is 13.3. The molecule has 0 spiro atoms. The third-order valence-corrected chi connectivity index (χ3v) is 6.49. The van der Waals surface area contributed by atoms with Gasteiger partial charge in [0, 0.05) is 31.2 Å². The highest BCUT2D eigenvalue weighted by atomic mass is 32.1. The minimum Gasteiger partial charge on any atom is -0.354 e. The number of fused-ring (bicyclic) bond motifs is 1. The maximum Gasteiger partial charge on any atom is 0.268 e. The summed E-state index contributed by atoms with van der Waals surface area (Å²) in [5, 5.41) is 9.21. The molecule has 0 radical (unpaired) electrons. The van der Waals surface area contributed by atoms with Gasteiger partial charge in [-0.3, -0.25) is 18.7 Å². The second-order valence-electron chi connectivity index (χ2n) is 7.95. The SMILES string of the molecule is Cc1cc(-c2c(C)nc3scc(CC(=O)NCCN4CCCCC4)n3c2=O)n(C)n1. The summed E-state index contributed by atoms with van der Waals surface area (Å²) in [6, 6.07) is 1.89. The molecule has 4 rings (SSSR count). The van der Waals surface area contributed by atoms with Gasteiger partial charge >= 0.3 is 0 Å². The van der Waals surface area contributed by atoms with Gasteiger partial charge in [0.25, 0.3) is 5.56 Å². The zero-order valence-electron chi connectivity index (χ0n) is 17.8. The third kappa shape index (κ3) is 4.17. The van der Waals surface area contributed by atoms with Crippen LogP contribution in [0.3, 0.4) is 0 Å². The zero-order chi connectivity index (χ0) is 21.3. The summed E-state index contributed by atoms with van der Waals surface area (Å²) in [6.45, 7) is 7.47. The number of amides is 1. The molecular weight excluding hydrogens is 400 g/mol. The molecular formula is C21H28N6O2S. The van der Waals surface area contributed by atoms with Crippen molar-refractivity contribution in [2.75, 3.05) is 26.2 Å². The average Bonchev–Trinajstić information content (AvgIpc) is 3.25. The van der Waals surface area contributed by atoms with E-state index in [2.05, 4.69) is 20.3 Å². The number of hydrogen-bond donors (Lipinski definition) is 1. The van der Waals surface area contributed by atoms with Gasteiger partial charge in [-0.1, -0.05) is 6.42 Å². The van der Waals surface area contributed by atoms with Crippen molar-refractivity contribution in [3.63, 3.8) is 0 Å². The quantitative estimate of drug-likeness (QED) is 0.648. The Kier molecular flexibility index (Phi) is 6.01. The largest absolute Gasteiger partial charge is 0.354 e. The smallest absolute Gasteiger partial charge is 0.268 e. The fraction of sp³-hybridized carbons (Fsp3) is 0.524. The molecule has 0 unspecified atom stereocenters. The molecule has 3 aromatic rings. The number of rotatable bonds is 6. The molecule has 0 aliphatic carbocycles. The van der Waals surface area contributed by atoms with Gasteiger partial charge in [0.2, 0.25) is 5.91 Å². The van der Waals surface area contributed by atoms with Crippen molar-refractivity contribution < 1.29 is 4.79 Å². The summed E-state index contributed by atoms with van der Waals surface area (Å²) in [5.74, 6) is -0.0721. The minimum absolute atomic E-state index is 0.0721. The predicted molar refractivity (Wildman–Crippen MR) is 118 cm³/mol. The Morgan fingerprint density at radius 2 is 2.00 bits per heavy atom. The van der Waals surface area contributed by atoms with E-state index in [4.69, 9.17) is 0 Å². The Morgan fingerprint density at radius 3 is 2.70 bits per heavy atom. The van der Waals surface area contributed by atoms with Crippen molar-refractivity contribution in [1.82, 2.24) is 29.4 Å². The average molecular weight is 429 g/mol. The van der Waals surface area contributed by atoms with Gasteiger partial charge in [-0.15, -0.1) is 11.3 Å². The molecule has 0 atom stereocenters. The van der Waals surface area contributed by atoms with E-state index in [0.717, 1.165) is 31.0 Å². The lowest BCUT2D eigenvalue weighted by Gasteiger charge is -2.26. The first-order chi connectivity index (χ1) is 14.4. The Morgan fingerprint density at radius 1 is 1.23 bits per heavy atom. The topological polar surface area (TPSA) is 84.5 Å². The van der Waals surface area contributed by atoms with E-state index in [0.29, 0.717) is 28.5 Å². The molecule has 30 heavy (non-hydrogen) atoms. The van der Waals surface area contributed by atoms with Gasteiger partial charge in [-0.2, -0.15) is 5.10 Å². The van der Waals surface area contributed by atoms with E-state index in [-0.39, 0.29) is 17.9 Å². The molecule has 3 aromatic heterocycles. The van der Waals surface area contributed by atoms with E-state index < -0.39 is 0 Å². The second-order valence-corrected chi connectivity index (χ2v) is 8.78. The van der Waals surface area contributed by atoms with Gasteiger partial charge < -0.3 is 10.2 Å². The molecule has 1 aliphatic heterocycles. The molecule has 4 heterocycles. The molecule has 1 amide bonds. The molecule has 1 aliphatic rings. The van der Waals surface area contributed by atoms with Gasteiger partial charge in [0.1, 0.15) is 0 Å². The van der Waals surface area contributed by atoms with Crippen LogP contribution in [0, 0.1) is 13.8 Å². The monoisotopic (exact) mass is 428 g/mol. The van der Waals surface area contributed by atoms with Crippen LogP contribution in [0.2, 0.25) is 0 Å². The van der Waals surface area contributed by atoms with Crippen LogP contribution in [0.25, 0.3) is 16.2 Å². The summed E-state index contributed by atoms with van der Waals surface area (Å²) < 4.78 is 3.27.